The molecule has 0 unspecified atom stereocenters. The van der Waals surface area contributed by atoms with E-state index >= 15 is 0 Å². The number of thioether (sulfide) groups is 1. The molecule has 0 aliphatic carbocycles. The Kier molecular flexibility index (Phi) is 7.36. The Morgan fingerprint density at radius 2 is 1.72 bits per heavy atom. The highest BCUT2D eigenvalue weighted by atomic mass is 32.2. The summed E-state index contributed by atoms with van der Waals surface area (Å²) in [5.41, 5.74) is 4.90. The summed E-state index contributed by atoms with van der Waals surface area (Å²) in [7, 11) is 0. The molecule has 3 rings (SSSR count). The molecule has 0 bridgehead atoms. The van der Waals surface area contributed by atoms with E-state index in [4.69, 9.17) is 4.74 Å². The number of rotatable bonds is 8. The Morgan fingerprint density at radius 1 is 0.966 bits per heavy atom. The van der Waals surface area contributed by atoms with Crippen LogP contribution in [0, 0.1) is 6.92 Å². The van der Waals surface area contributed by atoms with E-state index in [2.05, 4.69) is 43.4 Å². The Bertz CT molecular complexity index is 967. The molecule has 0 aliphatic heterocycles. The topological polar surface area (TPSA) is 38.3 Å². The van der Waals surface area contributed by atoms with Crippen molar-refractivity contribution in [3.8, 4) is 5.75 Å². The van der Waals surface area contributed by atoms with Crippen molar-refractivity contribution in [3.63, 3.8) is 0 Å². The van der Waals surface area contributed by atoms with Crippen molar-refractivity contribution in [1.82, 2.24) is 0 Å². The number of nitrogens with one attached hydrogen (secondary N) is 1. The molecule has 3 nitrogen and oxygen atoms in total. The van der Waals surface area contributed by atoms with Gasteiger partial charge in [-0.2, -0.15) is 0 Å². The van der Waals surface area contributed by atoms with Crippen molar-refractivity contribution < 1.29 is 9.53 Å². The first-order valence-corrected chi connectivity index (χ1v) is 10.9. The molecule has 0 aliphatic rings. The van der Waals surface area contributed by atoms with Crippen LogP contribution in [-0.4, -0.2) is 12.5 Å². The SMILES string of the molecule is CCOc1ccc(C(=O)Nc2ccccc2CC)cc1CSc1ccc(C)cc1. The summed E-state index contributed by atoms with van der Waals surface area (Å²) in [6, 6.07) is 22.1. The zero-order chi connectivity index (χ0) is 20.6. The smallest absolute Gasteiger partial charge is 0.255 e. The molecular weight excluding hydrogens is 378 g/mol. The van der Waals surface area contributed by atoms with Gasteiger partial charge in [0.2, 0.25) is 0 Å². The number of carbonyl (C=O) groups is 1. The molecule has 1 N–H and O–H groups in total. The number of anilines is 1. The van der Waals surface area contributed by atoms with E-state index in [1.165, 1.54) is 10.5 Å². The standard InChI is InChI=1S/C25H27NO2S/c1-4-19-8-6-7-9-23(19)26-25(27)20-12-15-24(28-5-2)21(16-20)17-29-22-13-10-18(3)11-14-22/h6-16H,4-5,17H2,1-3H3,(H,26,27). The number of ether oxygens (including phenoxy) is 1. The molecule has 29 heavy (non-hydrogen) atoms. The summed E-state index contributed by atoms with van der Waals surface area (Å²) in [5.74, 6) is 1.47. The van der Waals surface area contributed by atoms with Crippen molar-refractivity contribution in [2.75, 3.05) is 11.9 Å². The zero-order valence-electron chi connectivity index (χ0n) is 17.2. The fourth-order valence-corrected chi connectivity index (χ4v) is 3.95. The van der Waals surface area contributed by atoms with Gasteiger partial charge in [0, 0.05) is 27.5 Å². The summed E-state index contributed by atoms with van der Waals surface area (Å²) < 4.78 is 5.79. The fraction of sp³-hybridized carbons (Fsp3) is 0.240. The van der Waals surface area contributed by atoms with Crippen LogP contribution < -0.4 is 10.1 Å². The molecule has 150 valence electrons. The lowest BCUT2D eigenvalue weighted by Gasteiger charge is -2.13. The maximum absolute atomic E-state index is 12.9. The molecule has 0 atom stereocenters. The Labute approximate surface area is 177 Å². The number of benzene rings is 3. The van der Waals surface area contributed by atoms with Crippen LogP contribution in [0.3, 0.4) is 0 Å². The van der Waals surface area contributed by atoms with Gasteiger partial charge in [-0.25, -0.2) is 0 Å². The molecule has 1 amide bonds. The van der Waals surface area contributed by atoms with Crippen molar-refractivity contribution in [2.45, 2.75) is 37.8 Å². The van der Waals surface area contributed by atoms with Crippen molar-refractivity contribution in [2.24, 2.45) is 0 Å². The Balaban J connectivity index is 1.79. The highest BCUT2D eigenvalue weighted by Crippen LogP contribution is 2.29. The molecule has 0 aromatic heterocycles. The molecule has 0 fully saturated rings. The molecular formula is C25H27NO2S. The molecule has 0 heterocycles. The van der Waals surface area contributed by atoms with Crippen LogP contribution in [0.4, 0.5) is 5.69 Å². The van der Waals surface area contributed by atoms with Crippen LogP contribution in [0.15, 0.2) is 71.6 Å². The van der Waals surface area contributed by atoms with Gasteiger partial charge in [0.15, 0.2) is 0 Å². The van der Waals surface area contributed by atoms with Crippen LogP contribution in [0.2, 0.25) is 0 Å². The minimum atomic E-state index is -0.101. The lowest BCUT2D eigenvalue weighted by molar-refractivity contribution is 0.102. The predicted molar refractivity (Wildman–Crippen MR) is 122 cm³/mol. The average Bonchev–Trinajstić information content (AvgIpc) is 2.74. The fourth-order valence-electron chi connectivity index (χ4n) is 3.07. The lowest BCUT2D eigenvalue weighted by Crippen LogP contribution is -2.13. The minimum absolute atomic E-state index is 0.101. The highest BCUT2D eigenvalue weighted by Gasteiger charge is 2.13. The number of hydrogen-bond donors (Lipinski definition) is 1. The monoisotopic (exact) mass is 405 g/mol. The predicted octanol–water partition coefficient (Wildman–Crippen LogP) is 6.50. The van der Waals surface area contributed by atoms with Crippen LogP contribution in [0.1, 0.15) is 40.9 Å². The van der Waals surface area contributed by atoms with E-state index in [9.17, 15) is 4.79 Å². The number of carbonyl (C=O) groups excluding carboxylic acids is 1. The van der Waals surface area contributed by atoms with E-state index in [-0.39, 0.29) is 5.91 Å². The van der Waals surface area contributed by atoms with Gasteiger partial charge < -0.3 is 10.1 Å². The van der Waals surface area contributed by atoms with E-state index in [1.54, 1.807) is 11.8 Å². The van der Waals surface area contributed by atoms with E-state index in [0.29, 0.717) is 12.2 Å². The average molecular weight is 406 g/mol. The van der Waals surface area contributed by atoms with E-state index in [1.807, 2.05) is 49.4 Å². The highest BCUT2D eigenvalue weighted by molar-refractivity contribution is 7.98. The summed E-state index contributed by atoms with van der Waals surface area (Å²) in [4.78, 5) is 14.1. The van der Waals surface area contributed by atoms with Crippen LogP contribution in [-0.2, 0) is 12.2 Å². The number of para-hydroxylation sites is 1. The maximum Gasteiger partial charge on any atom is 0.255 e. The van der Waals surface area contributed by atoms with Gasteiger partial charge >= 0.3 is 0 Å². The van der Waals surface area contributed by atoms with Gasteiger partial charge in [-0.3, -0.25) is 4.79 Å². The van der Waals surface area contributed by atoms with Crippen LogP contribution in [0.25, 0.3) is 0 Å². The zero-order valence-corrected chi connectivity index (χ0v) is 18.0. The minimum Gasteiger partial charge on any atom is -0.494 e. The van der Waals surface area contributed by atoms with E-state index in [0.717, 1.165) is 34.7 Å². The van der Waals surface area contributed by atoms with Crippen molar-refractivity contribution >= 4 is 23.4 Å². The molecule has 0 spiro atoms. The number of amides is 1. The summed E-state index contributed by atoms with van der Waals surface area (Å²) in [6.45, 7) is 6.74. The number of aryl methyl sites for hydroxylation is 2. The van der Waals surface area contributed by atoms with Gasteiger partial charge in [0.1, 0.15) is 5.75 Å². The van der Waals surface area contributed by atoms with Gasteiger partial charge in [0.25, 0.3) is 5.91 Å². The van der Waals surface area contributed by atoms with Gasteiger partial charge in [-0.05, 0) is 62.2 Å². The van der Waals surface area contributed by atoms with Crippen LogP contribution in [0.5, 0.6) is 5.75 Å². The first-order chi connectivity index (χ1) is 14.1. The first kappa shape index (κ1) is 21.0. The van der Waals surface area contributed by atoms with E-state index < -0.39 is 0 Å². The molecule has 3 aromatic carbocycles. The number of hydrogen-bond acceptors (Lipinski definition) is 3. The molecule has 4 heteroatoms. The quantitative estimate of drug-likeness (QED) is 0.435. The molecule has 0 radical (unpaired) electrons. The largest absolute Gasteiger partial charge is 0.494 e. The van der Waals surface area contributed by atoms with Gasteiger partial charge in [0.05, 0.1) is 6.61 Å². The summed E-state index contributed by atoms with van der Waals surface area (Å²) in [6.07, 6.45) is 0.873. The Hall–Kier alpha value is -2.72. The third kappa shape index (κ3) is 5.64. The normalized spacial score (nSPS) is 10.6. The summed E-state index contributed by atoms with van der Waals surface area (Å²) in [5, 5.41) is 3.05. The van der Waals surface area contributed by atoms with Crippen LogP contribution >= 0.6 is 11.8 Å². The second-order valence-corrected chi connectivity index (χ2v) is 7.87. The van der Waals surface area contributed by atoms with Gasteiger partial charge in [-0.1, -0.05) is 42.8 Å². The van der Waals surface area contributed by atoms with Crippen molar-refractivity contribution in [1.29, 1.82) is 0 Å². The maximum atomic E-state index is 12.9. The van der Waals surface area contributed by atoms with Crippen molar-refractivity contribution in [3.05, 3.63) is 89.0 Å². The lowest BCUT2D eigenvalue weighted by atomic mass is 10.1. The Morgan fingerprint density at radius 3 is 2.45 bits per heavy atom. The molecule has 0 saturated heterocycles. The third-order valence-electron chi connectivity index (χ3n) is 4.68. The summed E-state index contributed by atoms with van der Waals surface area (Å²) >= 11 is 1.74. The molecule has 3 aromatic rings. The second kappa shape index (κ2) is 10.2. The second-order valence-electron chi connectivity index (χ2n) is 6.82. The molecule has 0 saturated carbocycles. The third-order valence-corrected chi connectivity index (χ3v) is 5.75. The first-order valence-electron chi connectivity index (χ1n) is 9.95. The van der Waals surface area contributed by atoms with Gasteiger partial charge in [-0.15, -0.1) is 11.8 Å².